The van der Waals surface area contributed by atoms with Gasteiger partial charge in [0.05, 0.1) is 11.3 Å². The van der Waals surface area contributed by atoms with E-state index in [4.69, 9.17) is 4.74 Å². The van der Waals surface area contributed by atoms with Gasteiger partial charge >= 0.3 is 24.0 Å². The smallest absolute Gasteiger partial charge is 0.462 e. The lowest BCUT2D eigenvalue weighted by Gasteiger charge is -2.23. The van der Waals surface area contributed by atoms with E-state index >= 15 is 0 Å². The number of ether oxygens (including phenoxy) is 3. The maximum atomic E-state index is 13.6. The molecule has 8 heteroatoms. The molecule has 1 aliphatic carbocycles. The summed E-state index contributed by atoms with van der Waals surface area (Å²) in [5, 5.41) is 0. The van der Waals surface area contributed by atoms with E-state index in [0.717, 1.165) is 19.3 Å². The molecule has 0 saturated heterocycles. The summed E-state index contributed by atoms with van der Waals surface area (Å²) in [6.07, 6.45) is -0.345. The molecule has 0 spiro atoms. The molecule has 1 rings (SSSR count). The Balaban J connectivity index is 2.37. The second-order valence-corrected chi connectivity index (χ2v) is 6.78. The van der Waals surface area contributed by atoms with Crippen molar-refractivity contribution in [1.29, 1.82) is 0 Å². The first-order valence-corrected chi connectivity index (χ1v) is 8.55. The third kappa shape index (κ3) is 6.59. The van der Waals surface area contributed by atoms with Gasteiger partial charge in [-0.2, -0.15) is 8.78 Å². The molecule has 0 aliphatic heterocycles. The SMILES string of the molecule is CCC(C)(C)C(=O)OCCOC(=O)C(F)(F)OC(=O)C1CCCCC1. The summed E-state index contributed by atoms with van der Waals surface area (Å²) < 4.78 is 40.5. The summed E-state index contributed by atoms with van der Waals surface area (Å²) in [7, 11) is 0. The molecule has 1 fully saturated rings. The summed E-state index contributed by atoms with van der Waals surface area (Å²) in [6.45, 7) is 4.28. The largest absolute Gasteiger partial charge is 0.504 e. The highest BCUT2D eigenvalue weighted by Gasteiger charge is 2.47. The van der Waals surface area contributed by atoms with Crippen LogP contribution in [0.4, 0.5) is 8.78 Å². The van der Waals surface area contributed by atoms with Crippen LogP contribution in [0.1, 0.15) is 59.3 Å². The molecule has 1 saturated carbocycles. The van der Waals surface area contributed by atoms with Crippen LogP contribution in [0.15, 0.2) is 0 Å². The number of alkyl halides is 2. The second-order valence-electron chi connectivity index (χ2n) is 6.78. The van der Waals surface area contributed by atoms with Gasteiger partial charge in [-0.1, -0.05) is 26.2 Å². The number of hydrogen-bond donors (Lipinski definition) is 0. The predicted octanol–water partition coefficient (Wildman–Crippen LogP) is 3.23. The molecule has 0 aromatic rings. The highest BCUT2D eigenvalue weighted by molar-refractivity contribution is 5.81. The minimum atomic E-state index is -4.35. The second kappa shape index (κ2) is 9.10. The first-order chi connectivity index (χ1) is 11.6. The molecule has 0 radical (unpaired) electrons. The van der Waals surface area contributed by atoms with E-state index in [1.165, 1.54) is 0 Å². The van der Waals surface area contributed by atoms with Crippen LogP contribution in [0.3, 0.4) is 0 Å². The highest BCUT2D eigenvalue weighted by Crippen LogP contribution is 2.28. The molecule has 0 aromatic carbocycles. The van der Waals surface area contributed by atoms with Crippen molar-refractivity contribution in [3.63, 3.8) is 0 Å². The lowest BCUT2D eigenvalue weighted by atomic mass is 9.89. The van der Waals surface area contributed by atoms with Crippen molar-refractivity contribution < 1.29 is 37.4 Å². The highest BCUT2D eigenvalue weighted by atomic mass is 19.3. The lowest BCUT2D eigenvalue weighted by molar-refractivity contribution is -0.247. The first-order valence-electron chi connectivity index (χ1n) is 8.55. The quantitative estimate of drug-likeness (QED) is 0.374. The van der Waals surface area contributed by atoms with Gasteiger partial charge in [0.25, 0.3) is 0 Å². The molecule has 0 unspecified atom stereocenters. The van der Waals surface area contributed by atoms with Gasteiger partial charge in [-0.05, 0) is 33.1 Å². The minimum Gasteiger partial charge on any atom is -0.462 e. The van der Waals surface area contributed by atoms with E-state index in [2.05, 4.69) is 9.47 Å². The number of halogens is 2. The molecule has 0 aromatic heterocycles. The van der Waals surface area contributed by atoms with Crippen molar-refractivity contribution in [2.75, 3.05) is 13.2 Å². The van der Waals surface area contributed by atoms with E-state index in [0.29, 0.717) is 19.3 Å². The summed E-state index contributed by atoms with van der Waals surface area (Å²) in [4.78, 5) is 34.8. The first kappa shape index (κ1) is 21.3. The molecular formula is C17H26F2O6. The third-order valence-electron chi connectivity index (χ3n) is 4.39. The number of hydrogen-bond acceptors (Lipinski definition) is 6. The Kier molecular flexibility index (Phi) is 7.76. The number of esters is 3. The van der Waals surface area contributed by atoms with E-state index in [9.17, 15) is 23.2 Å². The predicted molar refractivity (Wildman–Crippen MR) is 83.6 cm³/mol. The zero-order valence-electron chi connectivity index (χ0n) is 14.9. The molecular weight excluding hydrogens is 338 g/mol. The Labute approximate surface area is 146 Å². The Morgan fingerprint density at radius 3 is 2.00 bits per heavy atom. The molecule has 0 N–H and O–H groups in total. The average Bonchev–Trinajstić information content (AvgIpc) is 2.58. The summed E-state index contributed by atoms with van der Waals surface area (Å²) in [5.74, 6) is -4.17. The summed E-state index contributed by atoms with van der Waals surface area (Å²) in [6, 6.07) is 0. The van der Waals surface area contributed by atoms with Gasteiger partial charge in [-0.25, -0.2) is 4.79 Å². The van der Waals surface area contributed by atoms with Crippen LogP contribution in [-0.4, -0.2) is 37.2 Å². The van der Waals surface area contributed by atoms with Crippen LogP contribution >= 0.6 is 0 Å². The number of carbonyl (C=O) groups is 3. The molecule has 1 aliphatic rings. The monoisotopic (exact) mass is 364 g/mol. The topological polar surface area (TPSA) is 78.9 Å². The van der Waals surface area contributed by atoms with Crippen LogP contribution in [0, 0.1) is 11.3 Å². The van der Waals surface area contributed by atoms with Crippen LogP contribution in [0.2, 0.25) is 0 Å². The Morgan fingerprint density at radius 2 is 1.48 bits per heavy atom. The summed E-state index contributed by atoms with van der Waals surface area (Å²) >= 11 is 0. The van der Waals surface area contributed by atoms with Gasteiger partial charge in [0.15, 0.2) is 0 Å². The molecule has 144 valence electrons. The van der Waals surface area contributed by atoms with Gasteiger partial charge in [0, 0.05) is 0 Å². The van der Waals surface area contributed by atoms with Crippen LogP contribution in [-0.2, 0) is 28.6 Å². The Bertz CT molecular complexity index is 484. The Hall–Kier alpha value is -1.73. The number of rotatable bonds is 8. The van der Waals surface area contributed by atoms with Crippen molar-refractivity contribution >= 4 is 17.9 Å². The minimum absolute atomic E-state index is 0.347. The van der Waals surface area contributed by atoms with Gasteiger partial charge in [-0.15, -0.1) is 0 Å². The maximum absolute atomic E-state index is 13.6. The maximum Gasteiger partial charge on any atom is 0.504 e. The van der Waals surface area contributed by atoms with Gasteiger partial charge in [0.1, 0.15) is 13.2 Å². The molecule has 0 bridgehead atoms. The standard InChI is InChI=1S/C17H26F2O6/c1-4-16(2,3)14(21)23-10-11-24-15(22)17(18,19)25-13(20)12-8-6-5-7-9-12/h12H,4-11H2,1-3H3. The van der Waals surface area contributed by atoms with E-state index in [1.807, 2.05) is 6.92 Å². The van der Waals surface area contributed by atoms with Crippen molar-refractivity contribution in [3.05, 3.63) is 0 Å². The van der Waals surface area contributed by atoms with E-state index in [1.54, 1.807) is 13.8 Å². The van der Waals surface area contributed by atoms with Crippen molar-refractivity contribution in [2.45, 2.75) is 65.4 Å². The lowest BCUT2D eigenvalue weighted by Crippen LogP contribution is -2.39. The van der Waals surface area contributed by atoms with Crippen LogP contribution in [0.5, 0.6) is 0 Å². The third-order valence-corrected chi connectivity index (χ3v) is 4.39. The number of carbonyl (C=O) groups excluding carboxylic acids is 3. The fourth-order valence-corrected chi connectivity index (χ4v) is 2.28. The normalized spacial score (nSPS) is 16.2. The van der Waals surface area contributed by atoms with Crippen LogP contribution < -0.4 is 0 Å². The van der Waals surface area contributed by atoms with Crippen molar-refractivity contribution in [1.82, 2.24) is 0 Å². The van der Waals surface area contributed by atoms with Crippen molar-refractivity contribution in [2.24, 2.45) is 11.3 Å². The molecule has 6 nitrogen and oxygen atoms in total. The van der Waals surface area contributed by atoms with Gasteiger partial charge in [-0.3, -0.25) is 9.59 Å². The zero-order chi connectivity index (χ0) is 19.1. The zero-order valence-corrected chi connectivity index (χ0v) is 14.9. The molecule has 0 heterocycles. The van der Waals surface area contributed by atoms with E-state index < -0.39 is 42.0 Å². The molecule has 0 amide bonds. The Morgan fingerprint density at radius 1 is 0.960 bits per heavy atom. The van der Waals surface area contributed by atoms with Crippen LogP contribution in [0.25, 0.3) is 0 Å². The molecule has 0 atom stereocenters. The average molecular weight is 364 g/mol. The van der Waals surface area contributed by atoms with E-state index in [-0.39, 0.29) is 6.61 Å². The summed E-state index contributed by atoms with van der Waals surface area (Å²) in [5.41, 5.74) is -0.705. The van der Waals surface area contributed by atoms with Crippen molar-refractivity contribution in [3.8, 4) is 0 Å². The fraction of sp³-hybridized carbons (Fsp3) is 0.824. The van der Waals surface area contributed by atoms with Gasteiger partial charge < -0.3 is 14.2 Å². The van der Waals surface area contributed by atoms with Gasteiger partial charge in [0.2, 0.25) is 0 Å². The fourth-order valence-electron chi connectivity index (χ4n) is 2.28. The molecule has 25 heavy (non-hydrogen) atoms.